The Labute approximate surface area is 159 Å². The monoisotopic (exact) mass is 462 g/mol. The molecule has 8 heteroatoms. The van der Waals surface area contributed by atoms with Crippen molar-refractivity contribution in [2.45, 2.75) is 58.9 Å². The molecule has 0 amide bonds. The Hall–Kier alpha value is -0.0900. The van der Waals surface area contributed by atoms with Crippen LogP contribution in [-0.4, -0.2) is 46.3 Å². The van der Waals surface area contributed by atoms with E-state index in [9.17, 15) is 8.42 Å². The predicted octanol–water partition coefficient (Wildman–Crippen LogP) is 2.31. The summed E-state index contributed by atoms with van der Waals surface area (Å²) in [4.78, 5) is 4.19. The highest BCUT2D eigenvalue weighted by atomic mass is 127. The number of halogens is 1. The first-order valence-electron chi connectivity index (χ1n) is 8.07. The maximum Gasteiger partial charge on any atom is 0.209 e. The molecule has 3 N–H and O–H groups in total. The Morgan fingerprint density at radius 2 is 1.83 bits per heavy atom. The molecule has 0 radical (unpaired) electrons. The summed E-state index contributed by atoms with van der Waals surface area (Å²) < 4.78 is 25.3. The molecular formula is C15H35IN4O2S. The van der Waals surface area contributed by atoms with E-state index < -0.39 is 15.6 Å². The van der Waals surface area contributed by atoms with E-state index in [-0.39, 0.29) is 24.0 Å². The van der Waals surface area contributed by atoms with Crippen molar-refractivity contribution in [1.82, 2.24) is 15.4 Å². The molecule has 0 fully saturated rings. The maximum absolute atomic E-state index is 11.3. The molecule has 0 aliphatic rings. The van der Waals surface area contributed by atoms with Crippen LogP contribution in [-0.2, 0) is 10.0 Å². The average molecular weight is 462 g/mol. The van der Waals surface area contributed by atoms with Gasteiger partial charge in [-0.05, 0) is 26.2 Å². The van der Waals surface area contributed by atoms with Gasteiger partial charge in [0.2, 0.25) is 10.0 Å². The molecule has 0 saturated carbocycles. The van der Waals surface area contributed by atoms with Crippen LogP contribution in [0.3, 0.4) is 0 Å². The molecule has 23 heavy (non-hydrogen) atoms. The molecule has 0 aromatic carbocycles. The van der Waals surface area contributed by atoms with E-state index >= 15 is 0 Å². The van der Waals surface area contributed by atoms with Crippen molar-refractivity contribution >= 4 is 40.0 Å². The van der Waals surface area contributed by atoms with Gasteiger partial charge < -0.3 is 10.6 Å². The lowest BCUT2D eigenvalue weighted by atomic mass is 9.99. The highest BCUT2D eigenvalue weighted by Gasteiger charge is 2.22. The SMILES string of the molecule is CCCCC(CC)CNC(=NC)NCC(C)(C)NS(C)(=O)=O.I. The second-order valence-corrected chi connectivity index (χ2v) is 8.23. The molecule has 0 rings (SSSR count). The normalized spacial score (nSPS) is 14.1. The Morgan fingerprint density at radius 3 is 2.26 bits per heavy atom. The Balaban J connectivity index is 0. The minimum atomic E-state index is -3.23. The van der Waals surface area contributed by atoms with Crippen LogP contribution < -0.4 is 15.4 Å². The number of nitrogens with zero attached hydrogens (tertiary/aromatic N) is 1. The van der Waals surface area contributed by atoms with E-state index in [0.29, 0.717) is 18.4 Å². The number of rotatable bonds is 10. The second-order valence-electron chi connectivity index (χ2n) is 6.48. The third-order valence-electron chi connectivity index (χ3n) is 3.48. The van der Waals surface area contributed by atoms with Crippen LogP contribution in [0.15, 0.2) is 4.99 Å². The molecule has 0 spiro atoms. The zero-order valence-corrected chi connectivity index (χ0v) is 18.5. The summed E-state index contributed by atoms with van der Waals surface area (Å²) in [5.41, 5.74) is -0.572. The third kappa shape index (κ3) is 14.0. The zero-order chi connectivity index (χ0) is 17.2. The molecule has 0 heterocycles. The first-order valence-corrected chi connectivity index (χ1v) is 9.96. The summed E-state index contributed by atoms with van der Waals surface area (Å²) in [6, 6.07) is 0. The van der Waals surface area contributed by atoms with E-state index in [1.807, 2.05) is 13.8 Å². The number of guanidine groups is 1. The number of hydrogen-bond acceptors (Lipinski definition) is 3. The molecule has 0 aliphatic carbocycles. The van der Waals surface area contributed by atoms with Crippen LogP contribution in [0.4, 0.5) is 0 Å². The van der Waals surface area contributed by atoms with Crippen molar-refractivity contribution in [1.29, 1.82) is 0 Å². The summed E-state index contributed by atoms with van der Waals surface area (Å²) in [6.45, 7) is 9.44. The topological polar surface area (TPSA) is 82.6 Å². The molecule has 6 nitrogen and oxygen atoms in total. The quantitative estimate of drug-likeness (QED) is 0.264. The van der Waals surface area contributed by atoms with Crippen molar-refractivity contribution in [3.8, 4) is 0 Å². The number of aliphatic imine (C=N–C) groups is 1. The van der Waals surface area contributed by atoms with Gasteiger partial charge >= 0.3 is 0 Å². The Bertz CT molecular complexity index is 439. The standard InChI is InChI=1S/C15H34N4O2S.HI/c1-7-9-10-13(8-2)11-17-14(16-5)18-12-15(3,4)19-22(6,20)21;/h13,19H,7-12H2,1-6H3,(H2,16,17,18);1H. The summed E-state index contributed by atoms with van der Waals surface area (Å²) >= 11 is 0. The molecule has 0 aromatic heterocycles. The van der Waals surface area contributed by atoms with Gasteiger partial charge in [0.05, 0.1) is 6.26 Å². The zero-order valence-electron chi connectivity index (χ0n) is 15.4. The molecular weight excluding hydrogens is 427 g/mol. The molecule has 1 atom stereocenters. The van der Waals surface area contributed by atoms with E-state index in [1.54, 1.807) is 7.05 Å². The average Bonchev–Trinajstić information content (AvgIpc) is 2.39. The Kier molecular flexibility index (Phi) is 13.4. The van der Waals surface area contributed by atoms with Gasteiger partial charge in [-0.1, -0.05) is 33.1 Å². The highest BCUT2D eigenvalue weighted by molar-refractivity contribution is 14.0. The summed E-state index contributed by atoms with van der Waals surface area (Å²) in [6.07, 6.45) is 6.00. The van der Waals surface area contributed by atoms with Crippen molar-refractivity contribution in [2.75, 3.05) is 26.4 Å². The van der Waals surface area contributed by atoms with Crippen LogP contribution in [0.2, 0.25) is 0 Å². The van der Waals surface area contributed by atoms with Gasteiger partial charge in [-0.15, -0.1) is 24.0 Å². The number of unbranched alkanes of at least 4 members (excludes halogenated alkanes) is 1. The van der Waals surface area contributed by atoms with E-state index in [2.05, 4.69) is 34.2 Å². The van der Waals surface area contributed by atoms with Gasteiger partial charge in [0.15, 0.2) is 5.96 Å². The molecule has 0 aliphatic heterocycles. The fraction of sp³-hybridized carbons (Fsp3) is 0.933. The number of sulfonamides is 1. The van der Waals surface area contributed by atoms with Crippen molar-refractivity contribution in [2.24, 2.45) is 10.9 Å². The first kappa shape index (κ1) is 25.2. The van der Waals surface area contributed by atoms with Gasteiger partial charge in [-0.25, -0.2) is 13.1 Å². The minimum Gasteiger partial charge on any atom is -0.356 e. The van der Waals surface area contributed by atoms with E-state index in [0.717, 1.165) is 13.0 Å². The lowest BCUT2D eigenvalue weighted by Crippen LogP contribution is -2.53. The van der Waals surface area contributed by atoms with Crippen molar-refractivity contribution in [3.05, 3.63) is 0 Å². The van der Waals surface area contributed by atoms with Gasteiger partial charge in [0.25, 0.3) is 0 Å². The van der Waals surface area contributed by atoms with Gasteiger partial charge in [-0.3, -0.25) is 4.99 Å². The van der Waals surface area contributed by atoms with Crippen LogP contribution in [0.5, 0.6) is 0 Å². The fourth-order valence-corrected chi connectivity index (χ4v) is 3.32. The molecule has 0 saturated heterocycles. The van der Waals surface area contributed by atoms with Crippen LogP contribution in [0.25, 0.3) is 0 Å². The lowest BCUT2D eigenvalue weighted by Gasteiger charge is -2.27. The maximum atomic E-state index is 11.3. The Morgan fingerprint density at radius 1 is 1.22 bits per heavy atom. The largest absolute Gasteiger partial charge is 0.356 e. The first-order chi connectivity index (χ1) is 10.1. The summed E-state index contributed by atoms with van der Waals surface area (Å²) in [5, 5.41) is 6.51. The number of nitrogens with one attached hydrogen (secondary N) is 3. The van der Waals surface area contributed by atoms with Crippen LogP contribution in [0, 0.1) is 5.92 Å². The van der Waals surface area contributed by atoms with E-state index in [4.69, 9.17) is 0 Å². The fourth-order valence-electron chi connectivity index (χ4n) is 2.25. The minimum absolute atomic E-state index is 0. The second kappa shape index (κ2) is 12.3. The van der Waals surface area contributed by atoms with Crippen LogP contribution >= 0.6 is 24.0 Å². The molecule has 140 valence electrons. The smallest absolute Gasteiger partial charge is 0.209 e. The van der Waals surface area contributed by atoms with Crippen molar-refractivity contribution < 1.29 is 8.42 Å². The number of hydrogen-bond donors (Lipinski definition) is 3. The van der Waals surface area contributed by atoms with Gasteiger partial charge in [-0.2, -0.15) is 0 Å². The molecule has 0 aromatic rings. The van der Waals surface area contributed by atoms with Gasteiger partial charge in [0.1, 0.15) is 0 Å². The lowest BCUT2D eigenvalue weighted by molar-refractivity contribution is 0.432. The van der Waals surface area contributed by atoms with E-state index in [1.165, 1.54) is 25.5 Å². The van der Waals surface area contributed by atoms with Crippen molar-refractivity contribution in [3.63, 3.8) is 0 Å². The van der Waals surface area contributed by atoms with Gasteiger partial charge in [0, 0.05) is 25.7 Å². The molecule has 1 unspecified atom stereocenters. The summed E-state index contributed by atoms with van der Waals surface area (Å²) in [5.74, 6) is 1.35. The molecule has 0 bridgehead atoms. The summed E-state index contributed by atoms with van der Waals surface area (Å²) in [7, 11) is -1.51. The van der Waals surface area contributed by atoms with Crippen LogP contribution in [0.1, 0.15) is 53.4 Å². The highest BCUT2D eigenvalue weighted by Crippen LogP contribution is 2.11. The third-order valence-corrected chi connectivity index (χ3v) is 4.41. The predicted molar refractivity (Wildman–Crippen MR) is 110 cm³/mol.